The van der Waals surface area contributed by atoms with Crippen LogP contribution in [0, 0.1) is 5.82 Å². The van der Waals surface area contributed by atoms with E-state index in [1.807, 2.05) is 0 Å². The Bertz CT molecular complexity index is 947. The zero-order valence-electron chi connectivity index (χ0n) is 15.1. The third-order valence-corrected chi connectivity index (χ3v) is 4.04. The molecule has 2 aromatic rings. The fourth-order valence-corrected chi connectivity index (χ4v) is 2.39. The highest BCUT2D eigenvalue weighted by Crippen LogP contribution is 2.03. The van der Waals surface area contributed by atoms with Crippen LogP contribution >= 0.6 is 0 Å². The van der Waals surface area contributed by atoms with Gasteiger partial charge in [-0.1, -0.05) is 12.1 Å². The molecule has 0 atom stereocenters. The van der Waals surface area contributed by atoms with Crippen molar-refractivity contribution in [2.45, 2.75) is 19.4 Å². The quantitative estimate of drug-likeness (QED) is 0.686. The van der Waals surface area contributed by atoms with Crippen LogP contribution in [0.1, 0.15) is 17.7 Å². The number of carbonyl (C=O) groups excluding carboxylic acids is 2. The summed E-state index contributed by atoms with van der Waals surface area (Å²) in [4.78, 5) is 47.1. The van der Waals surface area contributed by atoms with Gasteiger partial charge >= 0.3 is 5.69 Å². The summed E-state index contributed by atoms with van der Waals surface area (Å²) >= 11 is 0. The normalized spacial score (nSPS) is 10.5. The third kappa shape index (κ3) is 5.63. The number of amides is 2. The first-order valence-electron chi connectivity index (χ1n) is 8.31. The van der Waals surface area contributed by atoms with Crippen LogP contribution in [-0.2, 0) is 36.6 Å². The maximum absolute atomic E-state index is 12.8. The van der Waals surface area contributed by atoms with E-state index in [2.05, 4.69) is 10.6 Å². The van der Waals surface area contributed by atoms with Crippen molar-refractivity contribution in [1.29, 1.82) is 0 Å². The molecule has 0 spiro atoms. The molecule has 1 aromatic heterocycles. The Balaban J connectivity index is 1.77. The van der Waals surface area contributed by atoms with Crippen LogP contribution in [0.5, 0.6) is 0 Å². The molecule has 0 aliphatic heterocycles. The summed E-state index contributed by atoms with van der Waals surface area (Å²) < 4.78 is 15.1. The van der Waals surface area contributed by atoms with Crippen molar-refractivity contribution in [1.82, 2.24) is 19.8 Å². The van der Waals surface area contributed by atoms with Gasteiger partial charge in [-0.2, -0.15) is 0 Å². The number of hydrogen-bond donors (Lipinski definition) is 2. The molecule has 0 unspecified atom stereocenters. The number of carbonyl (C=O) groups is 2. The molecule has 2 rings (SSSR count). The van der Waals surface area contributed by atoms with Gasteiger partial charge in [0.1, 0.15) is 5.82 Å². The maximum atomic E-state index is 12.8. The minimum Gasteiger partial charge on any atom is -0.355 e. The van der Waals surface area contributed by atoms with E-state index in [-0.39, 0.29) is 43.6 Å². The minimum absolute atomic E-state index is 0.0319. The maximum Gasteiger partial charge on any atom is 0.330 e. The summed E-state index contributed by atoms with van der Waals surface area (Å²) in [6.07, 6.45) is 0.144. The molecule has 0 fully saturated rings. The van der Waals surface area contributed by atoms with E-state index in [4.69, 9.17) is 0 Å². The lowest BCUT2D eigenvalue weighted by Crippen LogP contribution is -2.39. The molecule has 0 aliphatic rings. The Labute approximate surface area is 154 Å². The van der Waals surface area contributed by atoms with E-state index < -0.39 is 11.2 Å². The summed E-state index contributed by atoms with van der Waals surface area (Å²) in [5.41, 5.74) is 0.136. The van der Waals surface area contributed by atoms with Gasteiger partial charge < -0.3 is 10.6 Å². The lowest BCUT2D eigenvalue weighted by atomic mass is 10.1. The summed E-state index contributed by atoms with van der Waals surface area (Å²) in [7, 11) is 2.89. The van der Waals surface area contributed by atoms with Crippen molar-refractivity contribution >= 4 is 11.8 Å². The fourth-order valence-electron chi connectivity index (χ4n) is 2.39. The summed E-state index contributed by atoms with van der Waals surface area (Å²) in [5.74, 6) is -0.974. The molecule has 0 saturated carbocycles. The molecule has 1 aromatic carbocycles. The first-order chi connectivity index (χ1) is 12.8. The Morgan fingerprint density at radius 3 is 2.33 bits per heavy atom. The van der Waals surface area contributed by atoms with Crippen LogP contribution in [0.25, 0.3) is 0 Å². The molecule has 1 heterocycles. The molecular formula is C18H21FN4O4. The van der Waals surface area contributed by atoms with Crippen LogP contribution in [0.2, 0.25) is 0 Å². The van der Waals surface area contributed by atoms with Gasteiger partial charge in [0.2, 0.25) is 11.8 Å². The first-order valence-corrected chi connectivity index (χ1v) is 8.31. The highest BCUT2D eigenvalue weighted by Gasteiger charge is 2.09. The number of rotatable bonds is 7. The predicted molar refractivity (Wildman–Crippen MR) is 96.5 cm³/mol. The van der Waals surface area contributed by atoms with Gasteiger partial charge in [-0.25, -0.2) is 9.18 Å². The van der Waals surface area contributed by atoms with Crippen molar-refractivity contribution in [2.75, 3.05) is 6.54 Å². The van der Waals surface area contributed by atoms with Crippen LogP contribution in [-0.4, -0.2) is 27.5 Å². The zero-order valence-corrected chi connectivity index (χ0v) is 15.1. The first kappa shape index (κ1) is 20.1. The van der Waals surface area contributed by atoms with E-state index in [0.717, 1.165) is 4.57 Å². The Kier molecular flexibility index (Phi) is 6.64. The van der Waals surface area contributed by atoms with E-state index in [1.165, 1.54) is 49.0 Å². The van der Waals surface area contributed by atoms with Crippen LogP contribution < -0.4 is 21.9 Å². The van der Waals surface area contributed by atoms with Gasteiger partial charge in [0.05, 0.1) is 13.0 Å². The molecule has 144 valence electrons. The number of aromatic nitrogens is 2. The Morgan fingerprint density at radius 1 is 1.00 bits per heavy atom. The lowest BCUT2D eigenvalue weighted by molar-refractivity contribution is -0.122. The molecule has 8 nitrogen and oxygen atoms in total. The molecule has 27 heavy (non-hydrogen) atoms. The van der Waals surface area contributed by atoms with Crippen LogP contribution in [0.15, 0.2) is 39.9 Å². The number of nitrogens with one attached hydrogen (secondary N) is 2. The van der Waals surface area contributed by atoms with E-state index in [0.29, 0.717) is 11.3 Å². The molecule has 9 heteroatoms. The van der Waals surface area contributed by atoms with Gasteiger partial charge in [0, 0.05) is 38.8 Å². The topological polar surface area (TPSA) is 102 Å². The van der Waals surface area contributed by atoms with Gasteiger partial charge in [0.15, 0.2) is 0 Å². The molecule has 2 N–H and O–H groups in total. The number of hydrogen-bond acceptors (Lipinski definition) is 4. The van der Waals surface area contributed by atoms with E-state index in [9.17, 15) is 23.6 Å². The monoisotopic (exact) mass is 376 g/mol. The number of benzene rings is 1. The van der Waals surface area contributed by atoms with Crippen molar-refractivity contribution in [3.63, 3.8) is 0 Å². The highest BCUT2D eigenvalue weighted by atomic mass is 19.1. The molecule has 0 bridgehead atoms. The van der Waals surface area contributed by atoms with Gasteiger partial charge in [-0.3, -0.25) is 23.5 Å². The number of halogens is 1. The lowest BCUT2D eigenvalue weighted by Gasteiger charge is -2.11. The molecule has 2 amide bonds. The second-order valence-corrected chi connectivity index (χ2v) is 6.05. The SMILES string of the molecule is Cn1c(CNC(=O)CCNC(=O)Cc2ccc(F)cc2)cc(=O)n(C)c1=O. The van der Waals surface area contributed by atoms with Gasteiger partial charge in [0.25, 0.3) is 5.56 Å². The Morgan fingerprint density at radius 2 is 1.67 bits per heavy atom. The standard InChI is InChI=1S/C18H21FN4O4/c1-22-14(10-17(26)23(2)18(22)27)11-21-15(24)7-8-20-16(25)9-12-3-5-13(19)6-4-12/h3-6,10H,7-9,11H2,1-2H3,(H,20,25)(H,21,24). The molecular weight excluding hydrogens is 355 g/mol. The third-order valence-electron chi connectivity index (χ3n) is 4.04. The predicted octanol–water partition coefficient (Wildman–Crippen LogP) is -0.412. The van der Waals surface area contributed by atoms with Gasteiger partial charge in [-0.15, -0.1) is 0 Å². The summed E-state index contributed by atoms with van der Waals surface area (Å²) in [6.45, 7) is 0.172. The van der Waals surface area contributed by atoms with Crippen molar-refractivity contribution in [3.8, 4) is 0 Å². The van der Waals surface area contributed by atoms with Crippen LogP contribution in [0.4, 0.5) is 4.39 Å². The zero-order chi connectivity index (χ0) is 20.0. The molecule has 0 radical (unpaired) electrons. The second-order valence-electron chi connectivity index (χ2n) is 6.05. The van der Waals surface area contributed by atoms with Gasteiger partial charge in [-0.05, 0) is 17.7 Å². The fraction of sp³-hybridized carbons (Fsp3) is 0.333. The van der Waals surface area contributed by atoms with Crippen molar-refractivity contribution in [3.05, 3.63) is 68.2 Å². The van der Waals surface area contributed by atoms with Crippen molar-refractivity contribution < 1.29 is 14.0 Å². The number of nitrogens with zero attached hydrogens (tertiary/aromatic N) is 2. The molecule has 0 aliphatic carbocycles. The largest absolute Gasteiger partial charge is 0.355 e. The highest BCUT2D eigenvalue weighted by molar-refractivity contribution is 5.80. The van der Waals surface area contributed by atoms with E-state index >= 15 is 0 Å². The minimum atomic E-state index is -0.472. The summed E-state index contributed by atoms with van der Waals surface area (Å²) in [5, 5.41) is 5.21. The van der Waals surface area contributed by atoms with Crippen LogP contribution in [0.3, 0.4) is 0 Å². The molecule has 0 saturated heterocycles. The summed E-state index contributed by atoms with van der Waals surface area (Å²) in [6, 6.07) is 6.89. The van der Waals surface area contributed by atoms with Crippen molar-refractivity contribution in [2.24, 2.45) is 14.1 Å². The average Bonchev–Trinajstić information content (AvgIpc) is 2.63. The Hall–Kier alpha value is -3.23. The smallest absolute Gasteiger partial charge is 0.330 e. The second kappa shape index (κ2) is 8.93. The van der Waals surface area contributed by atoms with E-state index in [1.54, 1.807) is 0 Å². The average molecular weight is 376 g/mol.